The van der Waals surface area contributed by atoms with E-state index >= 15 is 0 Å². The summed E-state index contributed by atoms with van der Waals surface area (Å²) in [6.45, 7) is -0.770. The molecular weight excluding hydrogens is 504 g/mol. The molecule has 202 valence electrons. The number of thioether (sulfide) groups is 1. The number of phenols is 1. The Morgan fingerprint density at radius 3 is 2.19 bits per heavy atom. The van der Waals surface area contributed by atoms with Crippen LogP contribution >= 0.6 is 11.8 Å². The van der Waals surface area contributed by atoms with Crippen LogP contribution in [0.5, 0.6) is 5.75 Å². The molecule has 4 unspecified atom stereocenters. The molecule has 0 radical (unpaired) electrons. The van der Waals surface area contributed by atoms with Crippen molar-refractivity contribution in [3.63, 3.8) is 0 Å². The van der Waals surface area contributed by atoms with Crippen LogP contribution in [0.3, 0.4) is 0 Å². The average Bonchev–Trinajstić information content (AvgIpc) is 3.38. The summed E-state index contributed by atoms with van der Waals surface area (Å²) in [6, 6.07) is 1.25. The number of amides is 3. The second-order valence-corrected chi connectivity index (χ2v) is 9.23. The van der Waals surface area contributed by atoms with Crippen LogP contribution in [0.25, 0.3) is 0 Å². The van der Waals surface area contributed by atoms with Crippen molar-refractivity contribution in [1.82, 2.24) is 25.9 Å². The summed E-state index contributed by atoms with van der Waals surface area (Å²) in [5, 5.41) is 35.8. The summed E-state index contributed by atoms with van der Waals surface area (Å²) in [4.78, 5) is 56.6. The molecule has 1 aromatic carbocycles. The molecule has 37 heavy (non-hydrogen) atoms. The van der Waals surface area contributed by atoms with Crippen molar-refractivity contribution in [3.05, 3.63) is 48.0 Å². The van der Waals surface area contributed by atoms with E-state index in [1.807, 2.05) is 6.26 Å². The lowest BCUT2D eigenvalue weighted by molar-refractivity contribution is -0.142. The van der Waals surface area contributed by atoms with Crippen LogP contribution in [-0.4, -0.2) is 91.8 Å². The number of hydrogen-bond donors (Lipinski definition) is 8. The first-order valence-corrected chi connectivity index (χ1v) is 12.8. The predicted octanol–water partition coefficient (Wildman–Crippen LogP) is -1.49. The van der Waals surface area contributed by atoms with Gasteiger partial charge in [0.25, 0.3) is 0 Å². The van der Waals surface area contributed by atoms with Gasteiger partial charge < -0.3 is 42.0 Å². The fourth-order valence-corrected chi connectivity index (χ4v) is 3.79. The molecule has 2 rings (SSSR count). The van der Waals surface area contributed by atoms with Gasteiger partial charge in [-0.2, -0.15) is 11.8 Å². The number of aliphatic hydroxyl groups is 1. The molecular formula is C23H32N6O7S. The molecule has 1 aromatic heterocycles. The highest BCUT2D eigenvalue weighted by molar-refractivity contribution is 7.98. The number of carboxylic acid groups (broad SMARTS) is 1. The minimum atomic E-state index is -1.41. The summed E-state index contributed by atoms with van der Waals surface area (Å²) in [7, 11) is 0. The quantitative estimate of drug-likeness (QED) is 0.132. The maximum absolute atomic E-state index is 12.9. The molecule has 9 N–H and O–H groups in total. The molecule has 0 aliphatic rings. The third-order valence-electron chi connectivity index (χ3n) is 5.38. The largest absolute Gasteiger partial charge is 0.508 e. The fraction of sp³-hybridized carbons (Fsp3) is 0.435. The number of rotatable bonds is 15. The number of aromatic hydroxyl groups is 1. The van der Waals surface area contributed by atoms with E-state index in [1.54, 1.807) is 12.1 Å². The Hall–Kier alpha value is -3.62. The number of aromatic amines is 1. The van der Waals surface area contributed by atoms with Gasteiger partial charge in [-0.25, -0.2) is 9.78 Å². The monoisotopic (exact) mass is 536 g/mol. The lowest BCUT2D eigenvalue weighted by Crippen LogP contribution is -2.58. The number of benzene rings is 1. The fourth-order valence-electron chi connectivity index (χ4n) is 3.31. The summed E-state index contributed by atoms with van der Waals surface area (Å²) in [5.74, 6) is -2.96. The van der Waals surface area contributed by atoms with Crippen LogP contribution < -0.4 is 21.7 Å². The number of nitrogens with zero attached hydrogens (tertiary/aromatic N) is 1. The lowest BCUT2D eigenvalue weighted by atomic mass is 10.1. The van der Waals surface area contributed by atoms with Gasteiger partial charge in [0.2, 0.25) is 17.7 Å². The van der Waals surface area contributed by atoms with E-state index in [2.05, 4.69) is 25.9 Å². The predicted molar refractivity (Wildman–Crippen MR) is 136 cm³/mol. The van der Waals surface area contributed by atoms with Crippen molar-refractivity contribution in [1.29, 1.82) is 0 Å². The number of phenolic OH excluding ortho intramolecular Hbond substituents is 1. The second kappa shape index (κ2) is 14.8. The molecule has 3 amide bonds. The smallest absolute Gasteiger partial charge is 0.326 e. The zero-order valence-corrected chi connectivity index (χ0v) is 21.0. The second-order valence-electron chi connectivity index (χ2n) is 8.24. The topological polar surface area (TPSA) is 220 Å². The summed E-state index contributed by atoms with van der Waals surface area (Å²) >= 11 is 1.43. The number of aromatic nitrogens is 2. The van der Waals surface area contributed by atoms with Gasteiger partial charge in [-0.1, -0.05) is 12.1 Å². The first kappa shape index (κ1) is 29.6. The summed E-state index contributed by atoms with van der Waals surface area (Å²) in [5.41, 5.74) is 7.11. The van der Waals surface area contributed by atoms with E-state index in [-0.39, 0.29) is 25.0 Å². The summed E-state index contributed by atoms with van der Waals surface area (Å²) < 4.78 is 0. The molecule has 0 aliphatic heterocycles. The van der Waals surface area contributed by atoms with Crippen LogP contribution in [0.1, 0.15) is 17.7 Å². The van der Waals surface area contributed by atoms with Crippen molar-refractivity contribution in [2.45, 2.75) is 43.4 Å². The molecule has 13 nitrogen and oxygen atoms in total. The number of nitrogens with one attached hydrogen (secondary N) is 4. The molecule has 0 aliphatic carbocycles. The van der Waals surface area contributed by atoms with Crippen molar-refractivity contribution >= 4 is 35.5 Å². The Morgan fingerprint density at radius 1 is 1.00 bits per heavy atom. The van der Waals surface area contributed by atoms with E-state index in [4.69, 9.17) is 5.73 Å². The molecule has 0 fully saturated rings. The average molecular weight is 537 g/mol. The molecule has 0 spiro atoms. The summed E-state index contributed by atoms with van der Waals surface area (Å²) in [6.07, 6.45) is 4.89. The highest BCUT2D eigenvalue weighted by Gasteiger charge is 2.30. The van der Waals surface area contributed by atoms with E-state index in [0.717, 1.165) is 0 Å². The molecule has 0 bridgehead atoms. The van der Waals surface area contributed by atoms with E-state index in [1.165, 1.54) is 36.4 Å². The minimum Gasteiger partial charge on any atom is -0.508 e. The van der Waals surface area contributed by atoms with Gasteiger partial charge in [-0.15, -0.1) is 0 Å². The van der Waals surface area contributed by atoms with Crippen molar-refractivity contribution < 1.29 is 34.5 Å². The number of imidazole rings is 1. The maximum atomic E-state index is 12.9. The van der Waals surface area contributed by atoms with Crippen molar-refractivity contribution in [2.24, 2.45) is 5.73 Å². The number of hydrogen-bond acceptors (Lipinski definition) is 9. The highest BCUT2D eigenvalue weighted by atomic mass is 32.2. The van der Waals surface area contributed by atoms with E-state index < -0.39 is 54.5 Å². The first-order chi connectivity index (χ1) is 17.6. The third-order valence-corrected chi connectivity index (χ3v) is 6.03. The number of carbonyl (C=O) groups is 4. The maximum Gasteiger partial charge on any atom is 0.326 e. The molecule has 4 atom stereocenters. The van der Waals surface area contributed by atoms with Crippen LogP contribution in [0.15, 0.2) is 36.8 Å². The van der Waals surface area contributed by atoms with Gasteiger partial charge in [0, 0.05) is 18.3 Å². The lowest BCUT2D eigenvalue weighted by Gasteiger charge is -2.24. The third kappa shape index (κ3) is 9.74. The van der Waals surface area contributed by atoms with E-state index in [0.29, 0.717) is 17.0 Å². The molecule has 1 heterocycles. The Bertz CT molecular complexity index is 1030. The number of aliphatic hydroxyl groups excluding tert-OH is 1. The standard InChI is InChI=1S/C23H32N6O7S/c1-37-7-6-17(23(35)36)27-21(33)18(9-14-10-25-12-26-14)28-22(34)19(11-30)29-20(32)16(24)8-13-2-4-15(31)5-3-13/h2-5,10,12,16-19,30-31H,6-9,11,24H2,1H3,(H,25,26)(H,27,33)(H,28,34)(H,29,32)(H,35,36). The van der Waals surface area contributed by atoms with Gasteiger partial charge in [0.15, 0.2) is 0 Å². The zero-order chi connectivity index (χ0) is 27.4. The normalized spacial score (nSPS) is 14.1. The van der Waals surface area contributed by atoms with Gasteiger partial charge in [0.1, 0.15) is 23.9 Å². The van der Waals surface area contributed by atoms with Crippen LogP contribution in [0, 0.1) is 0 Å². The number of carbonyl (C=O) groups excluding carboxylic acids is 3. The molecule has 14 heteroatoms. The molecule has 0 saturated carbocycles. The number of nitrogens with two attached hydrogens (primary N) is 1. The highest BCUT2D eigenvalue weighted by Crippen LogP contribution is 2.11. The first-order valence-electron chi connectivity index (χ1n) is 11.4. The number of carboxylic acids is 1. The van der Waals surface area contributed by atoms with Crippen molar-refractivity contribution in [2.75, 3.05) is 18.6 Å². The van der Waals surface area contributed by atoms with E-state index in [9.17, 15) is 34.5 Å². The molecule has 2 aromatic rings. The van der Waals surface area contributed by atoms with Crippen LogP contribution in [-0.2, 0) is 32.0 Å². The Kier molecular flexibility index (Phi) is 11.9. The van der Waals surface area contributed by atoms with Crippen LogP contribution in [0.4, 0.5) is 0 Å². The number of aliphatic carboxylic acids is 1. The van der Waals surface area contributed by atoms with Gasteiger partial charge in [-0.05, 0) is 42.5 Å². The van der Waals surface area contributed by atoms with Gasteiger partial charge >= 0.3 is 5.97 Å². The Balaban J connectivity index is 2.07. The van der Waals surface area contributed by atoms with Crippen molar-refractivity contribution in [3.8, 4) is 5.75 Å². The minimum absolute atomic E-state index is 0.0428. The Labute approximate surface area is 217 Å². The Morgan fingerprint density at radius 2 is 1.62 bits per heavy atom. The van der Waals surface area contributed by atoms with Gasteiger partial charge in [-0.3, -0.25) is 14.4 Å². The zero-order valence-electron chi connectivity index (χ0n) is 20.2. The number of H-pyrrole nitrogens is 1. The molecule has 0 saturated heterocycles. The SMILES string of the molecule is CSCCC(NC(=O)C(Cc1cnc[nH]1)NC(=O)C(CO)NC(=O)C(N)Cc1ccc(O)cc1)C(=O)O. The van der Waals surface area contributed by atoms with Gasteiger partial charge in [0.05, 0.1) is 19.0 Å². The van der Waals surface area contributed by atoms with Crippen LogP contribution in [0.2, 0.25) is 0 Å².